The number of urea groups is 1. The highest BCUT2D eigenvalue weighted by molar-refractivity contribution is 5.95. The van der Waals surface area contributed by atoms with Gasteiger partial charge in [0.15, 0.2) is 0 Å². The maximum absolute atomic E-state index is 14.8. The van der Waals surface area contributed by atoms with Gasteiger partial charge in [-0.3, -0.25) is 4.79 Å². The molecule has 2 unspecified atom stereocenters. The summed E-state index contributed by atoms with van der Waals surface area (Å²) in [6.45, 7) is 9.17. The van der Waals surface area contributed by atoms with Gasteiger partial charge in [0.05, 0.1) is 25.0 Å². The van der Waals surface area contributed by atoms with Gasteiger partial charge in [0, 0.05) is 51.4 Å². The molecule has 2 heterocycles. The lowest BCUT2D eigenvalue weighted by Gasteiger charge is -2.37. The first-order valence-corrected chi connectivity index (χ1v) is 12.4. The number of carbonyl (C=O) groups excluding carboxylic acids is 2. The van der Waals surface area contributed by atoms with Crippen LogP contribution in [-0.4, -0.2) is 80.3 Å². The molecule has 2 atom stereocenters. The molecule has 3 amide bonds. The van der Waals surface area contributed by atoms with Crippen LogP contribution in [0.3, 0.4) is 0 Å². The average molecular weight is 499 g/mol. The monoisotopic (exact) mass is 498 g/mol. The van der Waals surface area contributed by atoms with Crippen LogP contribution in [0.4, 0.5) is 14.9 Å². The van der Waals surface area contributed by atoms with E-state index in [4.69, 9.17) is 9.47 Å². The molecule has 2 aliphatic heterocycles. The highest BCUT2D eigenvalue weighted by Crippen LogP contribution is 2.25. The number of benzene rings is 2. The average Bonchev–Trinajstić information content (AvgIpc) is 2.86. The van der Waals surface area contributed by atoms with E-state index in [1.807, 2.05) is 37.8 Å². The minimum Gasteiger partial charge on any atom is -0.496 e. The Morgan fingerprint density at radius 2 is 1.69 bits per heavy atom. The van der Waals surface area contributed by atoms with E-state index < -0.39 is 0 Å². The van der Waals surface area contributed by atoms with Crippen LogP contribution in [0.2, 0.25) is 0 Å². The normalized spacial score (nSPS) is 20.3. The van der Waals surface area contributed by atoms with Crippen molar-refractivity contribution in [3.05, 3.63) is 58.9 Å². The summed E-state index contributed by atoms with van der Waals surface area (Å²) in [5.74, 6) is 0.299. The number of ether oxygens (including phenoxy) is 2. The summed E-state index contributed by atoms with van der Waals surface area (Å²) in [6.07, 6.45) is 0.0881. The fraction of sp³-hybridized carbons (Fsp3) is 0.481. The zero-order valence-corrected chi connectivity index (χ0v) is 21.4. The number of halogens is 1. The van der Waals surface area contributed by atoms with Gasteiger partial charge in [-0.15, -0.1) is 0 Å². The summed E-state index contributed by atoms with van der Waals surface area (Å²) in [4.78, 5) is 31.0. The van der Waals surface area contributed by atoms with Crippen molar-refractivity contribution in [2.45, 2.75) is 39.5 Å². The van der Waals surface area contributed by atoms with Gasteiger partial charge in [-0.2, -0.15) is 0 Å². The van der Waals surface area contributed by atoms with Gasteiger partial charge < -0.3 is 29.5 Å². The van der Waals surface area contributed by atoms with Crippen molar-refractivity contribution in [1.29, 1.82) is 0 Å². The Hall–Kier alpha value is -3.33. The molecule has 1 N–H and O–H groups in total. The van der Waals surface area contributed by atoms with Gasteiger partial charge in [0.2, 0.25) is 0 Å². The lowest BCUT2D eigenvalue weighted by molar-refractivity contribution is -0.00539. The largest absolute Gasteiger partial charge is 0.496 e. The van der Waals surface area contributed by atoms with Crippen molar-refractivity contribution in [1.82, 2.24) is 15.1 Å². The fourth-order valence-corrected chi connectivity index (χ4v) is 4.83. The molecule has 2 aromatic carbocycles. The third-order valence-corrected chi connectivity index (χ3v) is 6.73. The van der Waals surface area contributed by atoms with Gasteiger partial charge in [-0.1, -0.05) is 12.1 Å². The number of anilines is 1. The number of methoxy groups -OCH3 is 1. The number of aryl methyl sites for hydroxylation is 1. The van der Waals surface area contributed by atoms with E-state index in [1.54, 1.807) is 35.1 Å². The summed E-state index contributed by atoms with van der Waals surface area (Å²) in [5.41, 5.74) is 2.79. The number of nitrogens with zero attached hydrogens (tertiary/aromatic N) is 3. The summed E-state index contributed by atoms with van der Waals surface area (Å²) in [5, 5.41) is 2.87. The molecule has 0 spiro atoms. The van der Waals surface area contributed by atoms with Crippen LogP contribution in [-0.2, 0) is 11.3 Å². The molecular weight excluding hydrogens is 463 g/mol. The second-order valence-corrected chi connectivity index (χ2v) is 9.57. The van der Waals surface area contributed by atoms with Crippen LogP contribution >= 0.6 is 0 Å². The zero-order chi connectivity index (χ0) is 25.8. The molecule has 0 radical (unpaired) electrons. The van der Waals surface area contributed by atoms with E-state index in [0.29, 0.717) is 61.8 Å². The molecule has 8 nitrogen and oxygen atoms in total. The number of carbonyl (C=O) groups is 2. The Morgan fingerprint density at radius 1 is 1.03 bits per heavy atom. The number of amides is 3. The number of piperazine rings is 1. The summed E-state index contributed by atoms with van der Waals surface area (Å²) < 4.78 is 25.9. The molecule has 0 saturated carbocycles. The molecule has 2 fully saturated rings. The lowest BCUT2D eigenvalue weighted by Crippen LogP contribution is -2.53. The van der Waals surface area contributed by atoms with E-state index in [0.717, 1.165) is 5.56 Å². The highest BCUT2D eigenvalue weighted by atomic mass is 19.1. The quantitative estimate of drug-likeness (QED) is 0.684. The van der Waals surface area contributed by atoms with Crippen LogP contribution in [0.25, 0.3) is 0 Å². The van der Waals surface area contributed by atoms with Crippen LogP contribution in [0, 0.1) is 12.7 Å². The third kappa shape index (κ3) is 5.90. The maximum Gasteiger partial charge on any atom is 0.317 e. The van der Waals surface area contributed by atoms with Crippen molar-refractivity contribution in [3.63, 3.8) is 0 Å². The highest BCUT2D eigenvalue weighted by Gasteiger charge is 2.26. The van der Waals surface area contributed by atoms with E-state index in [-0.39, 0.29) is 36.5 Å². The number of rotatable bonds is 5. The fourth-order valence-electron chi connectivity index (χ4n) is 4.83. The first kappa shape index (κ1) is 25.8. The van der Waals surface area contributed by atoms with Gasteiger partial charge >= 0.3 is 6.03 Å². The SMILES string of the molecule is COc1cc(C(=O)N2CCN(C(=O)NCc3ccc(N4CC(C)OC(C)C4)c(F)c3)CC2)ccc1C. The minimum absolute atomic E-state index is 0.0441. The topological polar surface area (TPSA) is 74.4 Å². The molecule has 0 aliphatic carbocycles. The second-order valence-electron chi connectivity index (χ2n) is 9.57. The first-order chi connectivity index (χ1) is 17.2. The molecule has 0 bridgehead atoms. The van der Waals surface area contributed by atoms with Gasteiger partial charge in [0.25, 0.3) is 5.91 Å². The van der Waals surface area contributed by atoms with Crippen molar-refractivity contribution in [2.24, 2.45) is 0 Å². The lowest BCUT2D eigenvalue weighted by atomic mass is 10.1. The molecule has 36 heavy (non-hydrogen) atoms. The maximum atomic E-state index is 14.8. The van der Waals surface area contributed by atoms with E-state index in [9.17, 15) is 14.0 Å². The van der Waals surface area contributed by atoms with Crippen molar-refractivity contribution < 1.29 is 23.5 Å². The Bertz CT molecular complexity index is 1090. The van der Waals surface area contributed by atoms with Crippen LogP contribution in [0.15, 0.2) is 36.4 Å². The molecule has 9 heteroatoms. The molecule has 0 aromatic heterocycles. The zero-order valence-electron chi connectivity index (χ0n) is 21.4. The molecule has 2 saturated heterocycles. The number of nitrogens with one attached hydrogen (secondary N) is 1. The molecule has 2 aromatic rings. The van der Waals surface area contributed by atoms with Crippen LogP contribution < -0.4 is 15.0 Å². The predicted octanol–water partition coefficient (Wildman–Crippen LogP) is 3.42. The molecule has 4 rings (SSSR count). The second kappa shape index (κ2) is 11.2. The van der Waals surface area contributed by atoms with Crippen molar-refractivity contribution in [2.75, 3.05) is 51.3 Å². The van der Waals surface area contributed by atoms with Crippen LogP contribution in [0.1, 0.15) is 35.3 Å². The van der Waals surface area contributed by atoms with Crippen LogP contribution in [0.5, 0.6) is 5.75 Å². The number of hydrogen-bond acceptors (Lipinski definition) is 5. The van der Waals surface area contributed by atoms with Crippen molar-refractivity contribution >= 4 is 17.6 Å². The Kier molecular flexibility index (Phi) is 7.98. The first-order valence-electron chi connectivity index (χ1n) is 12.4. The summed E-state index contributed by atoms with van der Waals surface area (Å²) in [6, 6.07) is 10.3. The standard InChI is InChI=1S/C27H35FN4O4/c1-18-5-7-22(14-25(18)35-4)26(33)30-9-11-31(12-10-30)27(34)29-15-21-6-8-24(23(28)13-21)32-16-19(2)36-20(3)17-32/h5-8,13-14,19-20H,9-12,15-17H2,1-4H3,(H,29,34). The minimum atomic E-state index is -0.303. The van der Waals surface area contributed by atoms with E-state index in [1.165, 1.54) is 6.07 Å². The summed E-state index contributed by atoms with van der Waals surface area (Å²) >= 11 is 0. The number of morpholine rings is 1. The van der Waals surface area contributed by atoms with E-state index in [2.05, 4.69) is 5.32 Å². The molecule has 2 aliphatic rings. The summed E-state index contributed by atoms with van der Waals surface area (Å²) in [7, 11) is 1.59. The molecule has 194 valence electrons. The van der Waals surface area contributed by atoms with E-state index >= 15 is 0 Å². The Morgan fingerprint density at radius 3 is 2.33 bits per heavy atom. The van der Waals surface area contributed by atoms with Crippen molar-refractivity contribution in [3.8, 4) is 5.75 Å². The smallest absolute Gasteiger partial charge is 0.317 e. The Labute approximate surface area is 211 Å². The van der Waals surface area contributed by atoms with Gasteiger partial charge in [0.1, 0.15) is 11.6 Å². The Balaban J connectivity index is 1.27. The molecular formula is C27H35FN4O4. The predicted molar refractivity (Wildman–Crippen MR) is 136 cm³/mol. The third-order valence-electron chi connectivity index (χ3n) is 6.73. The van der Waals surface area contributed by atoms with Gasteiger partial charge in [-0.05, 0) is 56.2 Å². The number of hydrogen-bond donors (Lipinski definition) is 1. The van der Waals surface area contributed by atoms with Gasteiger partial charge in [-0.25, -0.2) is 9.18 Å².